The second kappa shape index (κ2) is 4.13. The van der Waals surface area contributed by atoms with Gasteiger partial charge in [-0.3, -0.25) is 0 Å². The lowest BCUT2D eigenvalue weighted by atomic mass is 10.2. The first kappa shape index (κ1) is 10.3. The van der Waals surface area contributed by atoms with Crippen LogP contribution in [0.3, 0.4) is 0 Å². The molecule has 0 N–H and O–H groups in total. The van der Waals surface area contributed by atoms with Gasteiger partial charge >= 0.3 is 0 Å². The Hall–Kier alpha value is -0.190. The maximum absolute atomic E-state index is 5.59. The summed E-state index contributed by atoms with van der Waals surface area (Å²) in [5.41, 5.74) is 0. The number of hydrogen-bond donors (Lipinski definition) is 1. The van der Waals surface area contributed by atoms with Crippen molar-refractivity contribution in [1.82, 2.24) is 0 Å². The molecule has 0 aliphatic heterocycles. The third kappa shape index (κ3) is 1.66. The van der Waals surface area contributed by atoms with Crippen LogP contribution in [0.15, 0.2) is 26.9 Å². The van der Waals surface area contributed by atoms with E-state index in [1.165, 1.54) is 0 Å². The zero-order valence-corrected chi connectivity index (χ0v) is 10.9. The van der Waals surface area contributed by atoms with Gasteiger partial charge in [0.2, 0.25) is 0 Å². The molecule has 4 heteroatoms. The number of halogens is 1. The van der Waals surface area contributed by atoms with E-state index in [9.17, 15) is 0 Å². The van der Waals surface area contributed by atoms with Gasteiger partial charge in [0.05, 0.1) is 15.8 Å². The lowest BCUT2D eigenvalue weighted by Gasteiger charge is -2.08. The molecule has 1 nitrogen and oxygen atoms in total. The molecule has 0 unspecified atom stereocenters. The van der Waals surface area contributed by atoms with Crippen molar-refractivity contribution in [3.63, 3.8) is 0 Å². The molecule has 0 aliphatic rings. The second-order valence-electron chi connectivity index (χ2n) is 2.80. The van der Waals surface area contributed by atoms with E-state index in [1.54, 1.807) is 11.3 Å². The van der Waals surface area contributed by atoms with Crippen LogP contribution in [0.2, 0.25) is 0 Å². The number of ether oxygens (including phenoxy) is 1. The van der Waals surface area contributed by atoms with Gasteiger partial charge in [-0.25, -0.2) is 0 Å². The monoisotopic (exact) mass is 288 g/mol. The number of benzene rings is 1. The van der Waals surface area contributed by atoms with Crippen LogP contribution in [0.25, 0.3) is 10.1 Å². The molecule has 14 heavy (non-hydrogen) atoms. The highest BCUT2D eigenvalue weighted by Gasteiger charge is 2.10. The predicted molar refractivity (Wildman–Crippen MR) is 67.9 cm³/mol. The van der Waals surface area contributed by atoms with Gasteiger partial charge in [-0.1, -0.05) is 0 Å². The molecule has 1 heterocycles. The molecule has 0 spiro atoms. The van der Waals surface area contributed by atoms with Crippen molar-refractivity contribution in [3.8, 4) is 5.75 Å². The third-order valence-corrected chi connectivity index (χ3v) is 3.79. The van der Waals surface area contributed by atoms with E-state index in [1.807, 2.05) is 13.0 Å². The normalized spacial score (nSPS) is 10.8. The summed E-state index contributed by atoms with van der Waals surface area (Å²) in [5.74, 6) is 0.926. The first-order valence-corrected chi connectivity index (χ1v) is 6.37. The van der Waals surface area contributed by atoms with Gasteiger partial charge in [0.15, 0.2) is 5.75 Å². The average Bonchev–Trinajstić information content (AvgIpc) is 2.60. The Morgan fingerprint density at radius 3 is 3.07 bits per heavy atom. The summed E-state index contributed by atoms with van der Waals surface area (Å²) in [6.45, 7) is 2.66. The summed E-state index contributed by atoms with van der Waals surface area (Å²) in [4.78, 5) is 0.983. The lowest BCUT2D eigenvalue weighted by molar-refractivity contribution is 0.342. The fraction of sp³-hybridized carbons (Fsp3) is 0.200. The SMILES string of the molecule is CCOc1c(Br)cc(S)c2ccsc12. The van der Waals surface area contributed by atoms with Gasteiger partial charge in [0.1, 0.15) is 0 Å². The molecule has 1 aromatic heterocycles. The standard InChI is InChI=1S/C10H9BrOS2/c1-2-12-9-7(11)5-8(13)6-3-4-14-10(6)9/h3-5,13H,2H2,1H3. The Labute approximate surface area is 101 Å². The van der Waals surface area contributed by atoms with Crippen LogP contribution in [0.5, 0.6) is 5.75 Å². The zero-order valence-electron chi connectivity index (χ0n) is 7.58. The van der Waals surface area contributed by atoms with E-state index in [4.69, 9.17) is 4.74 Å². The van der Waals surface area contributed by atoms with Crippen LogP contribution in [0.4, 0.5) is 0 Å². The molecular formula is C10H9BrOS2. The molecule has 0 aliphatic carbocycles. The molecule has 1 aromatic carbocycles. The molecule has 2 rings (SSSR count). The molecule has 0 saturated heterocycles. The van der Waals surface area contributed by atoms with Gasteiger partial charge in [0.25, 0.3) is 0 Å². The number of thiophene rings is 1. The van der Waals surface area contributed by atoms with Crippen LogP contribution >= 0.6 is 39.9 Å². The van der Waals surface area contributed by atoms with Gasteiger partial charge in [-0.15, -0.1) is 24.0 Å². The molecule has 0 amide bonds. The van der Waals surface area contributed by atoms with Crippen molar-refractivity contribution < 1.29 is 4.74 Å². The minimum absolute atomic E-state index is 0.678. The summed E-state index contributed by atoms with van der Waals surface area (Å²) < 4.78 is 7.72. The predicted octanol–water partition coefficient (Wildman–Crippen LogP) is 4.35. The Morgan fingerprint density at radius 2 is 2.36 bits per heavy atom. The number of hydrogen-bond acceptors (Lipinski definition) is 3. The van der Waals surface area contributed by atoms with Crippen molar-refractivity contribution in [2.75, 3.05) is 6.61 Å². The highest BCUT2D eigenvalue weighted by atomic mass is 79.9. The first-order chi connectivity index (χ1) is 6.74. The van der Waals surface area contributed by atoms with E-state index in [-0.39, 0.29) is 0 Å². The Balaban J connectivity index is 2.73. The quantitative estimate of drug-likeness (QED) is 0.809. The van der Waals surface area contributed by atoms with Crippen molar-refractivity contribution >= 4 is 50.0 Å². The van der Waals surface area contributed by atoms with Crippen molar-refractivity contribution in [2.45, 2.75) is 11.8 Å². The zero-order chi connectivity index (χ0) is 10.1. The van der Waals surface area contributed by atoms with E-state index >= 15 is 0 Å². The Bertz CT molecular complexity index is 464. The summed E-state index contributed by atoms with van der Waals surface area (Å²) in [5, 5.41) is 3.21. The van der Waals surface area contributed by atoms with Crippen molar-refractivity contribution in [1.29, 1.82) is 0 Å². The van der Waals surface area contributed by atoms with Crippen LogP contribution in [-0.2, 0) is 0 Å². The highest BCUT2D eigenvalue weighted by Crippen LogP contribution is 2.40. The van der Waals surface area contributed by atoms with E-state index < -0.39 is 0 Å². The third-order valence-electron chi connectivity index (χ3n) is 1.92. The number of fused-ring (bicyclic) bond motifs is 1. The minimum atomic E-state index is 0.678. The van der Waals surface area contributed by atoms with Gasteiger partial charge in [-0.05, 0) is 40.4 Å². The topological polar surface area (TPSA) is 9.23 Å². The molecule has 0 radical (unpaired) electrons. The molecule has 0 atom stereocenters. The molecular weight excluding hydrogens is 280 g/mol. The lowest BCUT2D eigenvalue weighted by Crippen LogP contribution is -1.92. The maximum atomic E-state index is 5.59. The molecule has 0 saturated carbocycles. The van der Waals surface area contributed by atoms with E-state index in [0.29, 0.717) is 6.61 Å². The minimum Gasteiger partial charge on any atom is -0.491 e. The van der Waals surface area contributed by atoms with Crippen molar-refractivity contribution in [3.05, 3.63) is 22.0 Å². The number of rotatable bonds is 2. The van der Waals surface area contributed by atoms with Crippen LogP contribution < -0.4 is 4.74 Å². The van der Waals surface area contributed by atoms with E-state index in [2.05, 4.69) is 40.0 Å². The summed E-state index contributed by atoms with van der Waals surface area (Å²) in [6, 6.07) is 4.04. The summed E-state index contributed by atoms with van der Waals surface area (Å²) in [6.07, 6.45) is 0. The smallest absolute Gasteiger partial charge is 0.151 e. The van der Waals surface area contributed by atoms with Crippen molar-refractivity contribution in [2.24, 2.45) is 0 Å². The molecule has 2 aromatic rings. The first-order valence-electron chi connectivity index (χ1n) is 4.25. The summed E-state index contributed by atoms with van der Waals surface area (Å²) in [7, 11) is 0. The molecule has 74 valence electrons. The fourth-order valence-electron chi connectivity index (χ4n) is 1.34. The van der Waals surface area contributed by atoms with Crippen LogP contribution in [-0.4, -0.2) is 6.61 Å². The molecule has 0 fully saturated rings. The van der Waals surface area contributed by atoms with Gasteiger partial charge in [-0.2, -0.15) is 0 Å². The van der Waals surface area contributed by atoms with Crippen LogP contribution in [0, 0.1) is 0 Å². The Kier molecular flexibility index (Phi) is 3.04. The Morgan fingerprint density at radius 1 is 1.57 bits per heavy atom. The highest BCUT2D eigenvalue weighted by molar-refractivity contribution is 9.10. The summed E-state index contributed by atoms with van der Waals surface area (Å²) >= 11 is 9.59. The maximum Gasteiger partial charge on any atom is 0.151 e. The van der Waals surface area contributed by atoms with Crippen LogP contribution in [0.1, 0.15) is 6.92 Å². The van der Waals surface area contributed by atoms with Gasteiger partial charge < -0.3 is 4.74 Å². The van der Waals surface area contributed by atoms with E-state index in [0.717, 1.165) is 25.2 Å². The fourth-order valence-corrected chi connectivity index (χ4v) is 3.50. The average molecular weight is 289 g/mol. The second-order valence-corrected chi connectivity index (χ2v) is 5.06. The van der Waals surface area contributed by atoms with Gasteiger partial charge in [0, 0.05) is 10.3 Å². The molecule has 0 bridgehead atoms. The number of thiol groups is 1. The largest absolute Gasteiger partial charge is 0.491 e.